The zero-order valence-electron chi connectivity index (χ0n) is 10.5. The van der Waals surface area contributed by atoms with Crippen molar-refractivity contribution in [3.05, 3.63) is 23.8 Å². The summed E-state index contributed by atoms with van der Waals surface area (Å²) in [5.41, 5.74) is 6.27. The number of phenolic OH excluding ortho intramolecular Hbond substituents is 2. The van der Waals surface area contributed by atoms with E-state index in [1.54, 1.807) is 0 Å². The highest BCUT2D eigenvalue weighted by atomic mass is 16.3. The van der Waals surface area contributed by atoms with Gasteiger partial charge in [-0.05, 0) is 24.0 Å². The molecule has 0 saturated heterocycles. The lowest BCUT2D eigenvalue weighted by atomic mass is 9.83. The van der Waals surface area contributed by atoms with E-state index in [0.717, 1.165) is 0 Å². The molecule has 0 bridgehead atoms. The molecule has 4 heteroatoms. The van der Waals surface area contributed by atoms with E-state index in [2.05, 4.69) is 0 Å². The maximum Gasteiger partial charge on any atom is 0.125 e. The second-order valence-electron chi connectivity index (χ2n) is 5.47. The highest BCUT2D eigenvalue weighted by Gasteiger charge is 2.25. The summed E-state index contributed by atoms with van der Waals surface area (Å²) in [5, 5.41) is 28.8. The molecule has 0 aliphatic rings. The molecule has 2 atom stereocenters. The molecule has 0 fully saturated rings. The van der Waals surface area contributed by atoms with Crippen molar-refractivity contribution >= 4 is 0 Å². The van der Waals surface area contributed by atoms with Crippen molar-refractivity contribution in [1.29, 1.82) is 0 Å². The monoisotopic (exact) mass is 239 g/mol. The van der Waals surface area contributed by atoms with E-state index in [-0.39, 0.29) is 23.0 Å². The van der Waals surface area contributed by atoms with Crippen molar-refractivity contribution in [2.45, 2.75) is 39.3 Å². The van der Waals surface area contributed by atoms with E-state index in [9.17, 15) is 10.2 Å². The molecule has 0 aliphatic heterocycles. The fourth-order valence-corrected chi connectivity index (χ4v) is 1.53. The third kappa shape index (κ3) is 3.61. The Hall–Kier alpha value is -1.26. The highest BCUT2D eigenvalue weighted by molar-refractivity contribution is 5.40. The van der Waals surface area contributed by atoms with Gasteiger partial charge in [-0.25, -0.2) is 0 Å². The molecule has 17 heavy (non-hydrogen) atoms. The predicted octanol–water partition coefficient (Wildman–Crippen LogP) is 1.89. The van der Waals surface area contributed by atoms with Gasteiger partial charge in [0.25, 0.3) is 0 Å². The van der Waals surface area contributed by atoms with Gasteiger partial charge < -0.3 is 21.1 Å². The minimum Gasteiger partial charge on any atom is -0.508 e. The summed E-state index contributed by atoms with van der Waals surface area (Å²) >= 11 is 0. The minimum atomic E-state index is -0.829. The van der Waals surface area contributed by atoms with Crippen LogP contribution in [0.25, 0.3) is 0 Å². The number of aliphatic hydroxyl groups excluding tert-OH is 1. The van der Waals surface area contributed by atoms with Crippen molar-refractivity contribution in [2.24, 2.45) is 11.1 Å². The van der Waals surface area contributed by atoms with Crippen molar-refractivity contribution in [3.8, 4) is 11.5 Å². The Labute approximate surface area is 102 Å². The Balaban J connectivity index is 2.80. The standard InChI is InChI=1S/C13H21NO3/c1-13(2,3)12(14)7-11(17)9-5-4-8(15)6-10(9)16/h4-6,11-12,15-17H,7,14H2,1-3H3/t11-,12-/m0/s1. The molecule has 0 spiro atoms. The molecule has 0 radical (unpaired) electrons. The Morgan fingerprint density at radius 3 is 2.29 bits per heavy atom. The van der Waals surface area contributed by atoms with Crippen molar-refractivity contribution in [2.75, 3.05) is 0 Å². The summed E-state index contributed by atoms with van der Waals surface area (Å²) in [7, 11) is 0. The fourth-order valence-electron chi connectivity index (χ4n) is 1.53. The van der Waals surface area contributed by atoms with Gasteiger partial charge in [-0.1, -0.05) is 20.8 Å². The highest BCUT2D eigenvalue weighted by Crippen LogP contribution is 2.32. The molecule has 0 amide bonds. The van der Waals surface area contributed by atoms with Gasteiger partial charge in [-0.2, -0.15) is 0 Å². The maximum absolute atomic E-state index is 10.0. The summed E-state index contributed by atoms with van der Waals surface area (Å²) in [6.45, 7) is 6.00. The molecule has 4 nitrogen and oxygen atoms in total. The Bertz CT molecular complexity index is 385. The molecule has 0 aromatic heterocycles. The molecule has 1 rings (SSSR count). The van der Waals surface area contributed by atoms with E-state index in [4.69, 9.17) is 10.8 Å². The molecule has 0 saturated carbocycles. The average molecular weight is 239 g/mol. The normalized spacial score (nSPS) is 15.6. The maximum atomic E-state index is 10.0. The second kappa shape index (κ2) is 4.94. The van der Waals surface area contributed by atoms with Crippen LogP contribution in [-0.4, -0.2) is 21.4 Å². The Kier molecular flexibility index (Phi) is 4.01. The van der Waals surface area contributed by atoms with Gasteiger partial charge in [0.05, 0.1) is 6.10 Å². The topological polar surface area (TPSA) is 86.7 Å². The quantitative estimate of drug-likeness (QED) is 0.649. The van der Waals surface area contributed by atoms with E-state index in [1.807, 2.05) is 20.8 Å². The van der Waals surface area contributed by atoms with Gasteiger partial charge >= 0.3 is 0 Å². The summed E-state index contributed by atoms with van der Waals surface area (Å²) in [6.07, 6.45) is -0.466. The van der Waals surface area contributed by atoms with Crippen LogP contribution in [0.4, 0.5) is 0 Å². The van der Waals surface area contributed by atoms with Crippen LogP contribution in [0.1, 0.15) is 38.9 Å². The SMILES string of the molecule is CC(C)(C)[C@@H](N)C[C@H](O)c1ccc(O)cc1O. The van der Waals surface area contributed by atoms with Crippen LogP contribution in [0.2, 0.25) is 0 Å². The van der Waals surface area contributed by atoms with Crippen molar-refractivity contribution in [3.63, 3.8) is 0 Å². The van der Waals surface area contributed by atoms with Crippen LogP contribution in [0.3, 0.4) is 0 Å². The van der Waals surface area contributed by atoms with Gasteiger partial charge in [0.2, 0.25) is 0 Å². The van der Waals surface area contributed by atoms with Crippen LogP contribution in [-0.2, 0) is 0 Å². The summed E-state index contributed by atoms with van der Waals surface area (Å²) in [4.78, 5) is 0. The number of hydrogen-bond donors (Lipinski definition) is 4. The van der Waals surface area contributed by atoms with Gasteiger partial charge in [-0.3, -0.25) is 0 Å². The van der Waals surface area contributed by atoms with Gasteiger partial charge in [0.15, 0.2) is 0 Å². The van der Waals surface area contributed by atoms with Crippen LogP contribution in [0.15, 0.2) is 18.2 Å². The number of benzene rings is 1. The van der Waals surface area contributed by atoms with Gasteiger partial charge in [0, 0.05) is 17.7 Å². The molecular weight excluding hydrogens is 218 g/mol. The molecule has 1 aromatic rings. The van der Waals surface area contributed by atoms with Crippen molar-refractivity contribution < 1.29 is 15.3 Å². The Morgan fingerprint density at radius 2 is 1.82 bits per heavy atom. The first kappa shape index (κ1) is 13.8. The van der Waals surface area contributed by atoms with E-state index in [1.165, 1.54) is 18.2 Å². The van der Waals surface area contributed by atoms with Crippen LogP contribution >= 0.6 is 0 Å². The molecule has 0 aliphatic carbocycles. The number of phenols is 2. The first-order valence-corrected chi connectivity index (χ1v) is 5.67. The van der Waals surface area contributed by atoms with E-state index in [0.29, 0.717) is 12.0 Å². The lowest BCUT2D eigenvalue weighted by molar-refractivity contribution is 0.130. The lowest BCUT2D eigenvalue weighted by Crippen LogP contribution is -2.36. The first-order valence-electron chi connectivity index (χ1n) is 5.67. The molecule has 1 aromatic carbocycles. The smallest absolute Gasteiger partial charge is 0.125 e. The van der Waals surface area contributed by atoms with E-state index < -0.39 is 6.10 Å². The molecular formula is C13H21NO3. The van der Waals surface area contributed by atoms with Crippen LogP contribution in [0.5, 0.6) is 11.5 Å². The van der Waals surface area contributed by atoms with Gasteiger partial charge in [-0.15, -0.1) is 0 Å². The molecule has 0 unspecified atom stereocenters. The summed E-state index contributed by atoms with van der Waals surface area (Å²) < 4.78 is 0. The first-order chi connectivity index (χ1) is 7.71. The predicted molar refractivity (Wildman–Crippen MR) is 66.8 cm³/mol. The minimum absolute atomic E-state index is 0.0291. The summed E-state index contributed by atoms with van der Waals surface area (Å²) in [5.74, 6) is -0.142. The third-order valence-corrected chi connectivity index (χ3v) is 2.96. The summed E-state index contributed by atoms with van der Waals surface area (Å²) in [6, 6.07) is 3.97. The average Bonchev–Trinajstić information content (AvgIpc) is 2.15. The zero-order chi connectivity index (χ0) is 13.2. The number of aliphatic hydroxyl groups is 1. The largest absolute Gasteiger partial charge is 0.508 e. The Morgan fingerprint density at radius 1 is 1.24 bits per heavy atom. The number of rotatable bonds is 3. The van der Waals surface area contributed by atoms with E-state index >= 15 is 0 Å². The van der Waals surface area contributed by atoms with Gasteiger partial charge in [0.1, 0.15) is 11.5 Å². The second-order valence-corrected chi connectivity index (χ2v) is 5.47. The van der Waals surface area contributed by atoms with Crippen LogP contribution in [0, 0.1) is 5.41 Å². The lowest BCUT2D eigenvalue weighted by Gasteiger charge is -2.29. The van der Waals surface area contributed by atoms with Crippen molar-refractivity contribution in [1.82, 2.24) is 0 Å². The fraction of sp³-hybridized carbons (Fsp3) is 0.538. The number of nitrogens with two attached hydrogens (primary N) is 1. The molecule has 0 heterocycles. The molecule has 5 N–H and O–H groups in total. The zero-order valence-corrected chi connectivity index (χ0v) is 10.5. The third-order valence-electron chi connectivity index (χ3n) is 2.96. The van der Waals surface area contributed by atoms with Crippen LogP contribution < -0.4 is 5.73 Å². The number of hydrogen-bond acceptors (Lipinski definition) is 4. The number of aromatic hydroxyl groups is 2. The molecule has 96 valence electrons.